The van der Waals surface area contributed by atoms with E-state index in [0.29, 0.717) is 0 Å². The highest BCUT2D eigenvalue weighted by molar-refractivity contribution is 7.22. The molecule has 0 aliphatic heterocycles. The van der Waals surface area contributed by atoms with Crippen molar-refractivity contribution in [1.82, 2.24) is 39.5 Å². The SMILES string of the molecule is CCc1cccc(-n2nc3c(c2-c2cc4ncccc4s2)CCC3)n1.Cc1cccc(-n2nc3c(c2-c2cc4ncccc4s2)CCC3)n1. The molecule has 0 N–H and O–H groups in total. The molecule has 10 heteroatoms. The summed E-state index contributed by atoms with van der Waals surface area (Å²) < 4.78 is 6.51. The number of fused-ring (bicyclic) bond motifs is 4. The molecule has 0 radical (unpaired) electrons. The van der Waals surface area contributed by atoms with E-state index in [0.717, 1.165) is 66.2 Å². The molecule has 242 valence electrons. The topological polar surface area (TPSA) is 87.2 Å². The number of hydrogen-bond donors (Lipinski definition) is 0. The first-order valence-electron chi connectivity index (χ1n) is 16.9. The lowest BCUT2D eigenvalue weighted by Gasteiger charge is -2.08. The fraction of sp³-hybridized carbons (Fsp3) is 0.231. The van der Waals surface area contributed by atoms with E-state index in [1.165, 1.54) is 65.9 Å². The molecule has 0 saturated carbocycles. The lowest BCUT2D eigenvalue weighted by molar-refractivity contribution is 0.785. The molecule has 0 spiro atoms. The quantitative estimate of drug-likeness (QED) is 0.181. The van der Waals surface area contributed by atoms with Gasteiger partial charge >= 0.3 is 0 Å². The summed E-state index contributed by atoms with van der Waals surface area (Å²) in [6.07, 6.45) is 11.3. The second-order valence-corrected chi connectivity index (χ2v) is 14.7. The maximum absolute atomic E-state index is 4.92. The van der Waals surface area contributed by atoms with Gasteiger partial charge in [0.05, 0.1) is 53.0 Å². The Morgan fingerprint density at radius 2 is 1.18 bits per heavy atom. The van der Waals surface area contributed by atoms with Crippen molar-refractivity contribution < 1.29 is 0 Å². The van der Waals surface area contributed by atoms with Gasteiger partial charge in [-0.2, -0.15) is 10.2 Å². The van der Waals surface area contributed by atoms with Gasteiger partial charge in [-0.1, -0.05) is 19.1 Å². The lowest BCUT2D eigenvalue weighted by Crippen LogP contribution is -2.04. The van der Waals surface area contributed by atoms with Crippen molar-refractivity contribution in [2.45, 2.75) is 58.8 Å². The third-order valence-electron chi connectivity index (χ3n) is 9.32. The molecule has 10 rings (SSSR count). The van der Waals surface area contributed by atoms with Gasteiger partial charge in [-0.3, -0.25) is 9.97 Å². The summed E-state index contributed by atoms with van der Waals surface area (Å²) in [4.78, 5) is 20.9. The summed E-state index contributed by atoms with van der Waals surface area (Å²) in [5, 5.41) is 9.81. The smallest absolute Gasteiger partial charge is 0.154 e. The molecule has 0 atom stereocenters. The molecule has 8 heterocycles. The molecule has 0 bridgehead atoms. The zero-order chi connectivity index (χ0) is 32.9. The van der Waals surface area contributed by atoms with E-state index in [2.05, 4.69) is 64.3 Å². The Kier molecular flexibility index (Phi) is 7.62. The average Bonchev–Trinajstić information content (AvgIpc) is 3.97. The van der Waals surface area contributed by atoms with Crippen LogP contribution < -0.4 is 0 Å². The molecule has 8 aromatic heterocycles. The average molecular weight is 679 g/mol. The predicted octanol–water partition coefficient (Wildman–Crippen LogP) is 8.94. The Morgan fingerprint density at radius 3 is 1.71 bits per heavy atom. The van der Waals surface area contributed by atoms with Crippen LogP contribution in [-0.2, 0) is 32.1 Å². The van der Waals surface area contributed by atoms with Crippen LogP contribution >= 0.6 is 22.7 Å². The van der Waals surface area contributed by atoms with Gasteiger partial charge in [-0.05, 0) is 113 Å². The largest absolute Gasteiger partial charge is 0.255 e. The predicted molar refractivity (Wildman–Crippen MR) is 198 cm³/mol. The third kappa shape index (κ3) is 5.45. The Labute approximate surface area is 292 Å². The number of aryl methyl sites for hydroxylation is 4. The zero-order valence-corrected chi connectivity index (χ0v) is 29.1. The fourth-order valence-electron chi connectivity index (χ4n) is 7.02. The second-order valence-electron chi connectivity index (χ2n) is 12.6. The summed E-state index contributed by atoms with van der Waals surface area (Å²) >= 11 is 3.57. The van der Waals surface area contributed by atoms with Crippen LogP contribution in [0.25, 0.3) is 53.2 Å². The number of thiophene rings is 2. The minimum absolute atomic E-state index is 0.893. The number of rotatable bonds is 5. The van der Waals surface area contributed by atoms with Crippen molar-refractivity contribution in [1.29, 1.82) is 0 Å². The van der Waals surface area contributed by atoms with E-state index in [1.54, 1.807) is 22.7 Å². The molecule has 0 amide bonds. The second kappa shape index (κ2) is 12.4. The molecule has 8 nitrogen and oxygen atoms in total. The first-order chi connectivity index (χ1) is 24.1. The molecule has 0 unspecified atom stereocenters. The summed E-state index contributed by atoms with van der Waals surface area (Å²) in [6, 6.07) is 24.9. The molecule has 2 aliphatic carbocycles. The standard InChI is InChI=1S/C20H18N4S.C19H16N4S/c1-2-13-6-3-10-19(22-13)24-20(14-7-4-8-15(14)23-24)18-12-16-17(25-18)9-5-11-21-16;1-12-5-2-9-18(21-12)23-19(13-6-3-7-14(13)22-23)17-11-15-16(24-17)8-4-10-20-15/h3,5-6,9-12H,2,4,7-8H2,1H3;2,4-5,8-11H,3,6-7H2,1H3. The van der Waals surface area contributed by atoms with Gasteiger partial charge in [0, 0.05) is 34.9 Å². The first-order valence-corrected chi connectivity index (χ1v) is 18.6. The van der Waals surface area contributed by atoms with Crippen LogP contribution in [0.4, 0.5) is 0 Å². The van der Waals surface area contributed by atoms with E-state index in [-0.39, 0.29) is 0 Å². The van der Waals surface area contributed by atoms with Crippen LogP contribution in [0.1, 0.15) is 53.7 Å². The molecule has 0 fully saturated rings. The third-order valence-corrected chi connectivity index (χ3v) is 11.5. The molecule has 0 aromatic carbocycles. The van der Waals surface area contributed by atoms with Crippen LogP contribution in [0.2, 0.25) is 0 Å². The maximum Gasteiger partial charge on any atom is 0.154 e. The van der Waals surface area contributed by atoms with E-state index in [9.17, 15) is 0 Å². The number of nitrogens with zero attached hydrogens (tertiary/aromatic N) is 8. The molecule has 49 heavy (non-hydrogen) atoms. The Bertz CT molecular complexity index is 2420. The lowest BCUT2D eigenvalue weighted by atomic mass is 10.1. The van der Waals surface area contributed by atoms with Crippen molar-refractivity contribution in [2.75, 3.05) is 0 Å². The van der Waals surface area contributed by atoms with E-state index in [1.807, 2.05) is 59.0 Å². The molecule has 8 aromatic rings. The van der Waals surface area contributed by atoms with Gasteiger partial charge in [0.15, 0.2) is 11.6 Å². The molecular weight excluding hydrogens is 645 g/mol. The Balaban J connectivity index is 0.000000133. The monoisotopic (exact) mass is 678 g/mol. The number of pyridine rings is 4. The van der Waals surface area contributed by atoms with Gasteiger partial charge in [-0.25, -0.2) is 19.3 Å². The van der Waals surface area contributed by atoms with Crippen LogP contribution in [0, 0.1) is 6.92 Å². The van der Waals surface area contributed by atoms with Crippen molar-refractivity contribution in [2.24, 2.45) is 0 Å². The number of hydrogen-bond acceptors (Lipinski definition) is 8. The van der Waals surface area contributed by atoms with Crippen LogP contribution in [0.5, 0.6) is 0 Å². The van der Waals surface area contributed by atoms with Gasteiger partial charge < -0.3 is 0 Å². The summed E-state index contributed by atoms with van der Waals surface area (Å²) in [5.41, 5.74) is 11.8. The number of aromatic nitrogens is 8. The summed E-state index contributed by atoms with van der Waals surface area (Å²) in [7, 11) is 0. The highest BCUT2D eigenvalue weighted by Gasteiger charge is 2.27. The molecule has 2 aliphatic rings. The molecular formula is C39H34N8S2. The van der Waals surface area contributed by atoms with Crippen LogP contribution in [0.15, 0.2) is 85.2 Å². The van der Waals surface area contributed by atoms with Crippen molar-refractivity contribution >= 4 is 43.1 Å². The minimum atomic E-state index is 0.893. The normalized spacial score (nSPS) is 13.5. The molecule has 0 saturated heterocycles. The first kappa shape index (κ1) is 30.0. The van der Waals surface area contributed by atoms with Gasteiger partial charge in [-0.15, -0.1) is 22.7 Å². The van der Waals surface area contributed by atoms with E-state index >= 15 is 0 Å². The van der Waals surface area contributed by atoms with Gasteiger partial charge in [0.1, 0.15) is 0 Å². The Hall–Kier alpha value is -5.06. The summed E-state index contributed by atoms with van der Waals surface area (Å²) in [6.45, 7) is 4.15. The van der Waals surface area contributed by atoms with Crippen LogP contribution in [0.3, 0.4) is 0 Å². The highest BCUT2D eigenvalue weighted by Crippen LogP contribution is 2.41. The highest BCUT2D eigenvalue weighted by atomic mass is 32.1. The fourth-order valence-corrected chi connectivity index (χ4v) is 9.18. The van der Waals surface area contributed by atoms with Gasteiger partial charge in [0.2, 0.25) is 0 Å². The van der Waals surface area contributed by atoms with Crippen molar-refractivity contribution in [3.63, 3.8) is 0 Å². The minimum Gasteiger partial charge on any atom is -0.255 e. The van der Waals surface area contributed by atoms with Gasteiger partial charge in [0.25, 0.3) is 0 Å². The van der Waals surface area contributed by atoms with Crippen molar-refractivity contribution in [3.05, 3.63) is 119 Å². The van der Waals surface area contributed by atoms with Crippen molar-refractivity contribution in [3.8, 4) is 32.8 Å². The zero-order valence-electron chi connectivity index (χ0n) is 27.4. The Morgan fingerprint density at radius 1 is 0.633 bits per heavy atom. The van der Waals surface area contributed by atoms with Crippen LogP contribution in [-0.4, -0.2) is 39.5 Å². The summed E-state index contributed by atoms with van der Waals surface area (Å²) in [5.74, 6) is 1.80. The van der Waals surface area contributed by atoms with E-state index < -0.39 is 0 Å². The maximum atomic E-state index is 4.92. The van der Waals surface area contributed by atoms with E-state index in [4.69, 9.17) is 15.2 Å².